The number of halogens is 1. The van der Waals surface area contributed by atoms with Crippen LogP contribution in [0.1, 0.15) is 36.1 Å². The zero-order valence-corrected chi connectivity index (χ0v) is 20.5. The average Bonchev–Trinajstić information content (AvgIpc) is 2.85. The van der Waals surface area contributed by atoms with Crippen molar-refractivity contribution in [2.75, 3.05) is 13.6 Å². The van der Waals surface area contributed by atoms with Crippen molar-refractivity contribution in [3.05, 3.63) is 101 Å². The average molecular weight is 495 g/mol. The zero-order chi connectivity index (χ0) is 23.9. The van der Waals surface area contributed by atoms with Gasteiger partial charge in [0.2, 0.25) is 10.0 Å². The number of fused-ring (bicyclic) bond motifs is 1. The second kappa shape index (κ2) is 9.27. The lowest BCUT2D eigenvalue weighted by Crippen LogP contribution is -2.59. The quantitative estimate of drug-likeness (QED) is 0.506. The molecule has 5 rings (SSSR count). The molecule has 2 aliphatic rings. The lowest BCUT2D eigenvalue weighted by atomic mass is 9.77. The van der Waals surface area contributed by atoms with Crippen molar-refractivity contribution in [1.29, 1.82) is 0 Å². The number of rotatable bonds is 4. The van der Waals surface area contributed by atoms with E-state index in [4.69, 9.17) is 11.6 Å². The Morgan fingerprint density at radius 3 is 1.97 bits per heavy atom. The summed E-state index contributed by atoms with van der Waals surface area (Å²) < 4.78 is 29.9. The largest absolute Gasteiger partial charge is 0.299 e. The molecule has 0 radical (unpaired) electrons. The lowest BCUT2D eigenvalue weighted by molar-refractivity contribution is -0.133. The zero-order valence-electron chi connectivity index (χ0n) is 18.9. The van der Waals surface area contributed by atoms with Gasteiger partial charge in [-0.1, -0.05) is 72.3 Å². The maximum Gasteiger partial charge on any atom is 0.243 e. The molecule has 2 saturated heterocycles. The number of likely N-dealkylation sites (tertiary alicyclic amines) is 1. The molecular weight excluding hydrogens is 468 g/mol. The van der Waals surface area contributed by atoms with E-state index in [0.29, 0.717) is 18.0 Å². The van der Waals surface area contributed by atoms with Gasteiger partial charge in [0.15, 0.2) is 0 Å². The molecule has 2 fully saturated rings. The number of benzene rings is 3. The van der Waals surface area contributed by atoms with Gasteiger partial charge in [-0.2, -0.15) is 4.31 Å². The van der Waals surface area contributed by atoms with E-state index in [0.717, 1.165) is 11.1 Å². The number of carbonyl (C=O) groups excluding carboxylic acids is 1. The first-order chi connectivity index (χ1) is 16.4. The molecule has 5 nitrogen and oxygen atoms in total. The summed E-state index contributed by atoms with van der Waals surface area (Å²) in [6.07, 6.45) is 0.717. The Bertz CT molecular complexity index is 1270. The molecule has 2 aliphatic heterocycles. The molecule has 0 bridgehead atoms. The van der Waals surface area contributed by atoms with Crippen LogP contribution in [-0.2, 0) is 14.8 Å². The summed E-state index contributed by atoms with van der Waals surface area (Å²) in [4.78, 5) is 15.8. The SMILES string of the molecule is CN1C[C@H]2C(=O)CC(c3ccccc3)N(S(=O)(=O)c3ccc(Cl)cc3)[C@H]2CC1c1ccccc1. The molecule has 0 saturated carbocycles. The first kappa shape index (κ1) is 23.2. The fourth-order valence-corrected chi connectivity index (χ4v) is 7.44. The van der Waals surface area contributed by atoms with Gasteiger partial charge in [-0.15, -0.1) is 0 Å². The normalized spacial score (nSPS) is 26.2. The van der Waals surface area contributed by atoms with Gasteiger partial charge in [0, 0.05) is 36.0 Å². The van der Waals surface area contributed by atoms with Gasteiger partial charge in [-0.05, 0) is 48.9 Å². The van der Waals surface area contributed by atoms with Crippen molar-refractivity contribution < 1.29 is 13.2 Å². The maximum absolute atomic E-state index is 14.1. The molecule has 0 spiro atoms. The minimum absolute atomic E-state index is 0.0210. The number of hydrogen-bond donors (Lipinski definition) is 0. The van der Waals surface area contributed by atoms with Crippen molar-refractivity contribution in [1.82, 2.24) is 9.21 Å². The third kappa shape index (κ3) is 4.20. The van der Waals surface area contributed by atoms with E-state index in [1.165, 1.54) is 0 Å². The Morgan fingerprint density at radius 2 is 1.38 bits per heavy atom. The van der Waals surface area contributed by atoms with Gasteiger partial charge in [0.25, 0.3) is 0 Å². The first-order valence-electron chi connectivity index (χ1n) is 11.5. The van der Waals surface area contributed by atoms with Crippen LogP contribution in [0.4, 0.5) is 0 Å². The Morgan fingerprint density at radius 1 is 0.824 bits per heavy atom. The van der Waals surface area contributed by atoms with Gasteiger partial charge < -0.3 is 0 Å². The van der Waals surface area contributed by atoms with Crippen molar-refractivity contribution in [3.8, 4) is 0 Å². The highest BCUT2D eigenvalue weighted by Gasteiger charge is 2.52. The van der Waals surface area contributed by atoms with Gasteiger partial charge in [0.1, 0.15) is 5.78 Å². The number of hydrogen-bond acceptors (Lipinski definition) is 4. The van der Waals surface area contributed by atoms with E-state index < -0.39 is 22.1 Å². The fraction of sp³-hybridized carbons (Fsp3) is 0.296. The minimum Gasteiger partial charge on any atom is -0.299 e. The Hall–Kier alpha value is -2.51. The monoisotopic (exact) mass is 494 g/mol. The number of Topliss-reactive ketones (excluding diaryl/α,β-unsaturated/α-hetero) is 1. The molecular formula is C27H27ClN2O3S. The van der Waals surface area contributed by atoms with Crippen LogP contribution in [0.2, 0.25) is 5.02 Å². The molecule has 3 aromatic rings. The number of sulfonamides is 1. The highest BCUT2D eigenvalue weighted by molar-refractivity contribution is 7.89. The summed E-state index contributed by atoms with van der Waals surface area (Å²) >= 11 is 6.05. The molecule has 2 unspecified atom stereocenters. The number of carbonyl (C=O) groups is 1. The highest BCUT2D eigenvalue weighted by Crippen LogP contribution is 2.46. The van der Waals surface area contributed by atoms with E-state index in [2.05, 4.69) is 17.0 Å². The molecule has 0 N–H and O–H groups in total. The highest BCUT2D eigenvalue weighted by atomic mass is 35.5. The van der Waals surface area contributed by atoms with Crippen LogP contribution >= 0.6 is 11.6 Å². The van der Waals surface area contributed by atoms with E-state index in [1.54, 1.807) is 28.6 Å². The van der Waals surface area contributed by atoms with Crippen molar-refractivity contribution in [2.45, 2.75) is 35.9 Å². The number of nitrogens with zero attached hydrogens (tertiary/aromatic N) is 2. The van der Waals surface area contributed by atoms with Crippen LogP contribution in [0.25, 0.3) is 0 Å². The second-order valence-electron chi connectivity index (χ2n) is 9.16. The van der Waals surface area contributed by atoms with E-state index in [1.807, 2.05) is 55.6 Å². The predicted octanol–water partition coefficient (Wildman–Crippen LogP) is 5.11. The molecule has 3 aromatic carbocycles. The van der Waals surface area contributed by atoms with Gasteiger partial charge in [-0.25, -0.2) is 8.42 Å². The minimum atomic E-state index is -3.89. The molecule has 0 amide bonds. The Balaban J connectivity index is 1.62. The maximum atomic E-state index is 14.1. The van der Waals surface area contributed by atoms with Crippen LogP contribution < -0.4 is 0 Å². The van der Waals surface area contributed by atoms with Crippen molar-refractivity contribution in [2.24, 2.45) is 5.92 Å². The van der Waals surface area contributed by atoms with Crippen molar-refractivity contribution in [3.63, 3.8) is 0 Å². The summed E-state index contributed by atoms with van der Waals surface area (Å²) in [6, 6.07) is 24.9. The summed E-state index contributed by atoms with van der Waals surface area (Å²) in [6.45, 7) is 0.525. The molecule has 2 heterocycles. The summed E-state index contributed by atoms with van der Waals surface area (Å²) in [5.41, 5.74) is 1.96. The molecule has 4 atom stereocenters. The smallest absolute Gasteiger partial charge is 0.243 e. The van der Waals surface area contributed by atoms with Gasteiger partial charge >= 0.3 is 0 Å². The lowest BCUT2D eigenvalue weighted by Gasteiger charge is -2.51. The molecule has 0 aromatic heterocycles. The van der Waals surface area contributed by atoms with E-state index >= 15 is 0 Å². The Kier molecular flexibility index (Phi) is 6.34. The third-order valence-corrected chi connectivity index (χ3v) is 9.35. The number of piperidine rings is 2. The molecule has 0 aliphatic carbocycles. The van der Waals surface area contributed by atoms with Crippen molar-refractivity contribution >= 4 is 27.4 Å². The predicted molar refractivity (Wildman–Crippen MR) is 133 cm³/mol. The molecule has 34 heavy (non-hydrogen) atoms. The second-order valence-corrected chi connectivity index (χ2v) is 11.4. The van der Waals surface area contributed by atoms with Gasteiger partial charge in [-0.3, -0.25) is 9.69 Å². The summed E-state index contributed by atoms with van der Waals surface area (Å²) in [5, 5.41) is 0.480. The third-order valence-electron chi connectivity index (χ3n) is 7.15. The van der Waals surface area contributed by atoms with E-state index in [-0.39, 0.29) is 29.1 Å². The molecule has 7 heteroatoms. The summed E-state index contributed by atoms with van der Waals surface area (Å²) in [7, 11) is -1.87. The van der Waals surface area contributed by atoms with Crippen LogP contribution in [-0.4, -0.2) is 43.0 Å². The summed E-state index contributed by atoms with van der Waals surface area (Å²) in [5.74, 6) is -0.244. The standard InChI is InChI=1S/C27H27ClN2O3S/c1-29-18-23-26(16-24(29)19-8-4-2-5-9-19)30(34(32,33)22-14-12-21(28)13-15-22)25(17-27(23)31)20-10-6-3-7-11-20/h2-15,23-26H,16-18H2,1H3/t23-,24?,25?,26+/m1/s1. The fourth-order valence-electron chi connectivity index (χ4n) is 5.47. The van der Waals surface area contributed by atoms with E-state index in [9.17, 15) is 13.2 Å². The van der Waals surface area contributed by atoms with Crippen LogP contribution in [0.5, 0.6) is 0 Å². The van der Waals surface area contributed by atoms with Crippen LogP contribution in [0, 0.1) is 5.92 Å². The van der Waals surface area contributed by atoms with Gasteiger partial charge in [0.05, 0.1) is 10.9 Å². The number of ketones is 1. The van der Waals surface area contributed by atoms with Crippen LogP contribution in [0.15, 0.2) is 89.8 Å². The molecule has 176 valence electrons. The topological polar surface area (TPSA) is 57.7 Å². The Labute approximate surface area is 206 Å². The van der Waals surface area contributed by atoms with Crippen LogP contribution in [0.3, 0.4) is 0 Å². The first-order valence-corrected chi connectivity index (χ1v) is 13.3.